The van der Waals surface area contributed by atoms with Gasteiger partial charge in [0.05, 0.1) is 17.5 Å². The molecule has 7 nitrogen and oxygen atoms in total. The second-order valence-electron chi connectivity index (χ2n) is 8.64. The van der Waals surface area contributed by atoms with Gasteiger partial charge in [-0.2, -0.15) is 0 Å². The highest BCUT2D eigenvalue weighted by Gasteiger charge is 2.51. The number of nitrogens with zero attached hydrogens (tertiary/aromatic N) is 1. The Hall–Kier alpha value is -3.17. The Morgan fingerprint density at radius 1 is 1.03 bits per heavy atom. The molecule has 33 heavy (non-hydrogen) atoms. The Balaban J connectivity index is 1.73. The van der Waals surface area contributed by atoms with Crippen molar-refractivity contribution < 1.29 is 37.1 Å². The van der Waals surface area contributed by atoms with Crippen LogP contribution in [0, 0.1) is 35.2 Å². The quantitative estimate of drug-likeness (QED) is 0.288. The molecule has 10 heteroatoms. The van der Waals surface area contributed by atoms with Gasteiger partial charge in [-0.15, -0.1) is 0 Å². The summed E-state index contributed by atoms with van der Waals surface area (Å²) in [6.45, 7) is 4.82. The summed E-state index contributed by atoms with van der Waals surface area (Å²) in [5.41, 5.74) is -0.623. The number of amides is 3. The summed E-state index contributed by atoms with van der Waals surface area (Å²) in [6, 6.07) is 0.257. The molecule has 0 saturated carbocycles. The van der Waals surface area contributed by atoms with E-state index in [9.17, 15) is 32.3 Å². The first-order chi connectivity index (χ1) is 15.5. The summed E-state index contributed by atoms with van der Waals surface area (Å²) in [5, 5.41) is 2.04. The van der Waals surface area contributed by atoms with Gasteiger partial charge in [-0.3, -0.25) is 19.3 Å². The molecule has 178 valence electrons. The summed E-state index contributed by atoms with van der Waals surface area (Å²) >= 11 is 0. The number of anilines is 1. The predicted molar refractivity (Wildman–Crippen MR) is 111 cm³/mol. The number of likely N-dealkylation sites (tertiary alicyclic amines) is 1. The molecule has 0 radical (unpaired) electrons. The Morgan fingerprint density at radius 2 is 1.61 bits per heavy atom. The topological polar surface area (TPSA) is 92.8 Å². The number of ether oxygens (including phenoxy) is 1. The average molecular weight is 466 g/mol. The van der Waals surface area contributed by atoms with Crippen LogP contribution in [0.1, 0.15) is 40.0 Å². The molecule has 3 rings (SSSR count). The van der Waals surface area contributed by atoms with Crippen LogP contribution < -0.4 is 5.32 Å². The number of hydrogen-bond acceptors (Lipinski definition) is 5. The summed E-state index contributed by atoms with van der Waals surface area (Å²) in [7, 11) is 0. The van der Waals surface area contributed by atoms with Crippen LogP contribution in [-0.2, 0) is 23.9 Å². The van der Waals surface area contributed by atoms with E-state index < -0.39 is 70.8 Å². The van der Waals surface area contributed by atoms with Gasteiger partial charge in [0.15, 0.2) is 23.6 Å². The number of benzene rings is 1. The van der Waals surface area contributed by atoms with E-state index in [0.29, 0.717) is 18.9 Å². The number of esters is 1. The number of fused-ring (bicyclic) bond motifs is 1. The van der Waals surface area contributed by atoms with Crippen LogP contribution >= 0.6 is 0 Å². The Kier molecular flexibility index (Phi) is 7.24. The van der Waals surface area contributed by atoms with Crippen molar-refractivity contribution in [3.05, 3.63) is 41.7 Å². The maximum Gasteiger partial charge on any atom is 0.330 e. The van der Waals surface area contributed by atoms with Crippen molar-refractivity contribution in [3.63, 3.8) is 0 Å². The zero-order valence-corrected chi connectivity index (χ0v) is 18.4. The largest absolute Gasteiger partial charge is 0.451 e. The van der Waals surface area contributed by atoms with Crippen LogP contribution in [0.4, 0.5) is 18.9 Å². The molecule has 1 aromatic rings. The third kappa shape index (κ3) is 4.94. The zero-order chi connectivity index (χ0) is 24.4. The monoisotopic (exact) mass is 466 g/mol. The summed E-state index contributed by atoms with van der Waals surface area (Å²) in [4.78, 5) is 52.1. The van der Waals surface area contributed by atoms with Crippen LogP contribution in [0.25, 0.3) is 0 Å². The zero-order valence-electron chi connectivity index (χ0n) is 18.4. The molecule has 1 aromatic carbocycles. The fraction of sp³-hybridized carbons (Fsp3) is 0.478. The molecule has 0 bridgehead atoms. The number of carbonyl (C=O) groups is 4. The number of rotatable bonds is 7. The fourth-order valence-electron chi connectivity index (χ4n) is 4.05. The standard InChI is InChI=1S/C23H25F3N2O5/c1-11(2)10-17(28-21(30)13-6-4-5-7-14(13)22(28)31)23(32)33-12(3)20(29)27-16-9-8-15(24)18(25)19(16)26/h4-5,8-9,11-14,17H,6-7,10H2,1-3H3,(H,27,29). The Bertz CT molecular complexity index is 984. The van der Waals surface area contributed by atoms with E-state index in [1.807, 2.05) is 31.3 Å². The van der Waals surface area contributed by atoms with E-state index >= 15 is 0 Å². The van der Waals surface area contributed by atoms with Gasteiger partial charge in [0.25, 0.3) is 5.91 Å². The molecule has 1 aliphatic heterocycles. The van der Waals surface area contributed by atoms with Gasteiger partial charge in [-0.1, -0.05) is 26.0 Å². The third-order valence-corrected chi connectivity index (χ3v) is 5.78. The molecule has 3 amide bonds. The van der Waals surface area contributed by atoms with Gasteiger partial charge >= 0.3 is 5.97 Å². The van der Waals surface area contributed by atoms with E-state index in [-0.39, 0.29) is 12.3 Å². The lowest BCUT2D eigenvalue weighted by Gasteiger charge is -2.27. The molecular weight excluding hydrogens is 441 g/mol. The smallest absolute Gasteiger partial charge is 0.330 e. The van der Waals surface area contributed by atoms with Crippen LogP contribution in [0.2, 0.25) is 0 Å². The molecule has 1 heterocycles. The molecule has 0 spiro atoms. The van der Waals surface area contributed by atoms with Gasteiger partial charge < -0.3 is 10.1 Å². The lowest BCUT2D eigenvalue weighted by atomic mass is 9.85. The van der Waals surface area contributed by atoms with Gasteiger partial charge in [-0.25, -0.2) is 18.0 Å². The van der Waals surface area contributed by atoms with Crippen molar-refractivity contribution in [1.29, 1.82) is 0 Å². The molecule has 1 aliphatic carbocycles. The average Bonchev–Trinajstić information content (AvgIpc) is 3.02. The lowest BCUT2D eigenvalue weighted by Crippen LogP contribution is -2.48. The highest BCUT2D eigenvalue weighted by Crippen LogP contribution is 2.37. The maximum atomic E-state index is 13.8. The van der Waals surface area contributed by atoms with Crippen molar-refractivity contribution in [2.45, 2.75) is 52.2 Å². The second-order valence-corrected chi connectivity index (χ2v) is 8.64. The van der Waals surface area contributed by atoms with E-state index in [2.05, 4.69) is 0 Å². The second kappa shape index (κ2) is 9.76. The summed E-state index contributed by atoms with van der Waals surface area (Å²) in [6.07, 6.45) is 3.15. The van der Waals surface area contributed by atoms with Crippen molar-refractivity contribution in [2.75, 3.05) is 5.32 Å². The minimum Gasteiger partial charge on any atom is -0.451 e. The minimum atomic E-state index is -1.75. The van der Waals surface area contributed by atoms with Crippen LogP contribution in [0.15, 0.2) is 24.3 Å². The van der Waals surface area contributed by atoms with Crippen molar-refractivity contribution in [3.8, 4) is 0 Å². The van der Waals surface area contributed by atoms with Gasteiger partial charge in [0.2, 0.25) is 11.8 Å². The number of carbonyl (C=O) groups excluding carboxylic acids is 4. The SMILES string of the molecule is CC(C)CC(C(=O)OC(C)C(=O)Nc1ccc(F)c(F)c1F)N1C(=O)C2CC=CCC2C1=O. The van der Waals surface area contributed by atoms with E-state index in [0.717, 1.165) is 11.0 Å². The fourth-order valence-corrected chi connectivity index (χ4v) is 4.05. The number of halogens is 3. The van der Waals surface area contributed by atoms with Crippen LogP contribution in [-0.4, -0.2) is 40.7 Å². The summed E-state index contributed by atoms with van der Waals surface area (Å²) in [5.74, 6) is -8.74. The van der Waals surface area contributed by atoms with Crippen molar-refractivity contribution in [2.24, 2.45) is 17.8 Å². The Labute approximate surface area is 189 Å². The molecule has 4 unspecified atom stereocenters. The first-order valence-corrected chi connectivity index (χ1v) is 10.7. The van der Waals surface area contributed by atoms with Gasteiger partial charge in [0.1, 0.15) is 6.04 Å². The summed E-state index contributed by atoms with van der Waals surface area (Å²) < 4.78 is 45.5. The highest BCUT2D eigenvalue weighted by molar-refractivity contribution is 6.08. The van der Waals surface area contributed by atoms with Gasteiger partial charge in [-0.05, 0) is 44.2 Å². The normalized spacial score (nSPS) is 21.7. The Morgan fingerprint density at radius 3 is 2.15 bits per heavy atom. The van der Waals surface area contributed by atoms with E-state index in [1.54, 1.807) is 0 Å². The molecule has 2 aliphatic rings. The third-order valence-electron chi connectivity index (χ3n) is 5.78. The minimum absolute atomic E-state index is 0.0793. The van der Waals surface area contributed by atoms with Crippen molar-refractivity contribution in [1.82, 2.24) is 4.90 Å². The molecule has 1 fully saturated rings. The first-order valence-electron chi connectivity index (χ1n) is 10.7. The van der Waals surface area contributed by atoms with Gasteiger partial charge in [0, 0.05) is 0 Å². The van der Waals surface area contributed by atoms with E-state index in [4.69, 9.17) is 4.74 Å². The molecule has 1 N–H and O–H groups in total. The molecule has 0 aromatic heterocycles. The van der Waals surface area contributed by atoms with Crippen LogP contribution in [0.3, 0.4) is 0 Å². The number of allylic oxidation sites excluding steroid dienone is 2. The lowest BCUT2D eigenvalue weighted by molar-refractivity contribution is -0.164. The molecule has 1 saturated heterocycles. The van der Waals surface area contributed by atoms with Crippen molar-refractivity contribution >= 4 is 29.4 Å². The highest BCUT2D eigenvalue weighted by atomic mass is 19.2. The predicted octanol–water partition coefficient (Wildman–Crippen LogP) is 3.34. The van der Waals surface area contributed by atoms with Crippen LogP contribution in [0.5, 0.6) is 0 Å². The molecular formula is C23H25F3N2O5. The molecule has 4 atom stereocenters. The number of hydrogen-bond donors (Lipinski definition) is 1. The maximum absolute atomic E-state index is 13.8. The number of nitrogens with one attached hydrogen (secondary N) is 1. The first kappa shape index (κ1) is 24.5. The number of imide groups is 1. The van der Waals surface area contributed by atoms with E-state index in [1.165, 1.54) is 6.92 Å².